The molecule has 8 heteroatoms. The second-order valence-electron chi connectivity index (χ2n) is 5.09. The van der Waals surface area contributed by atoms with Gasteiger partial charge in [0.1, 0.15) is 4.21 Å². The Morgan fingerprint density at radius 1 is 1.26 bits per heavy atom. The summed E-state index contributed by atoms with van der Waals surface area (Å²) in [6.07, 6.45) is 3.03. The summed E-state index contributed by atoms with van der Waals surface area (Å²) >= 11 is 1.14. The number of hydrogen-bond acceptors (Lipinski definition) is 6. The summed E-state index contributed by atoms with van der Waals surface area (Å²) in [6.45, 7) is 0. The number of hydrogen-bond donors (Lipinski definition) is 1. The number of benzene rings is 1. The van der Waals surface area contributed by atoms with Gasteiger partial charge in [-0.25, -0.2) is 8.42 Å². The van der Waals surface area contributed by atoms with Gasteiger partial charge >= 0.3 is 0 Å². The van der Waals surface area contributed by atoms with Crippen LogP contribution in [0.15, 0.2) is 50.6 Å². The van der Waals surface area contributed by atoms with Crippen LogP contribution in [0.2, 0.25) is 0 Å². The van der Waals surface area contributed by atoms with Gasteiger partial charge in [0.15, 0.2) is 9.84 Å². The van der Waals surface area contributed by atoms with Crippen molar-refractivity contribution >= 4 is 32.1 Å². The maximum atomic E-state index is 11.6. The van der Waals surface area contributed by atoms with Crippen molar-refractivity contribution in [2.24, 2.45) is 0 Å². The molecule has 23 heavy (non-hydrogen) atoms. The monoisotopic (exact) mass is 345 g/mol. The third-order valence-corrected chi connectivity index (χ3v) is 6.22. The molecule has 0 spiro atoms. The van der Waals surface area contributed by atoms with Crippen LogP contribution in [0.5, 0.6) is 0 Å². The zero-order chi connectivity index (χ0) is 16.0. The average Bonchev–Trinajstić information content (AvgIpc) is 3.24. The number of H-pyrrole nitrogens is 1. The van der Waals surface area contributed by atoms with Crippen LogP contribution in [0.4, 0.5) is 0 Å². The van der Waals surface area contributed by atoms with Crippen LogP contribution < -0.4 is 0 Å². The largest absolute Gasteiger partial charge is 0.361 e. The quantitative estimate of drug-likeness (QED) is 0.615. The van der Waals surface area contributed by atoms with E-state index in [1.54, 1.807) is 11.4 Å². The number of aromatic nitrogens is 3. The van der Waals surface area contributed by atoms with Gasteiger partial charge in [-0.1, -0.05) is 17.3 Å². The lowest BCUT2D eigenvalue weighted by atomic mass is 10.1. The first-order valence-corrected chi connectivity index (χ1v) is 9.48. The van der Waals surface area contributed by atoms with Gasteiger partial charge in [0.2, 0.25) is 5.82 Å². The SMILES string of the molecule is CS(=O)(=O)c1cc(-c2nc(-c3cccc4[nH]ccc34)no2)cs1. The fourth-order valence-corrected chi connectivity index (χ4v) is 4.15. The summed E-state index contributed by atoms with van der Waals surface area (Å²) in [6, 6.07) is 9.30. The number of sulfone groups is 1. The van der Waals surface area contributed by atoms with E-state index in [1.807, 2.05) is 30.5 Å². The predicted molar refractivity (Wildman–Crippen MR) is 88.0 cm³/mol. The summed E-state index contributed by atoms with van der Waals surface area (Å²) in [5.74, 6) is 0.774. The van der Waals surface area contributed by atoms with E-state index in [2.05, 4.69) is 15.1 Å². The second-order valence-corrected chi connectivity index (χ2v) is 8.25. The highest BCUT2D eigenvalue weighted by Gasteiger charge is 2.17. The van der Waals surface area contributed by atoms with Crippen molar-refractivity contribution in [1.82, 2.24) is 15.1 Å². The van der Waals surface area contributed by atoms with E-state index in [9.17, 15) is 8.42 Å². The summed E-state index contributed by atoms with van der Waals surface area (Å²) in [4.78, 5) is 7.53. The van der Waals surface area contributed by atoms with Crippen molar-refractivity contribution < 1.29 is 12.9 Å². The number of nitrogens with one attached hydrogen (secondary N) is 1. The Morgan fingerprint density at radius 2 is 2.13 bits per heavy atom. The zero-order valence-corrected chi connectivity index (χ0v) is 13.6. The minimum Gasteiger partial charge on any atom is -0.361 e. The Hall–Kier alpha value is -2.45. The molecule has 0 amide bonds. The molecule has 4 aromatic rings. The van der Waals surface area contributed by atoms with Gasteiger partial charge in [-0.15, -0.1) is 11.3 Å². The van der Waals surface area contributed by atoms with Crippen LogP contribution >= 0.6 is 11.3 Å². The number of nitrogens with zero attached hydrogens (tertiary/aromatic N) is 2. The minimum absolute atomic E-state index is 0.278. The first-order chi connectivity index (χ1) is 11.0. The molecule has 0 aliphatic carbocycles. The Morgan fingerprint density at radius 3 is 2.91 bits per heavy atom. The number of fused-ring (bicyclic) bond motifs is 1. The first kappa shape index (κ1) is 14.2. The Bertz CT molecular complexity index is 1110. The second kappa shape index (κ2) is 5.04. The van der Waals surface area contributed by atoms with Crippen molar-refractivity contribution in [3.05, 3.63) is 41.9 Å². The highest BCUT2D eigenvalue weighted by molar-refractivity contribution is 7.92. The normalized spacial score (nSPS) is 12.0. The molecule has 0 fully saturated rings. The number of aromatic amines is 1. The molecule has 0 radical (unpaired) electrons. The van der Waals surface area contributed by atoms with Crippen molar-refractivity contribution in [1.29, 1.82) is 0 Å². The van der Waals surface area contributed by atoms with Crippen molar-refractivity contribution in [3.63, 3.8) is 0 Å². The van der Waals surface area contributed by atoms with Crippen LogP contribution in [0.3, 0.4) is 0 Å². The fourth-order valence-electron chi connectivity index (χ4n) is 2.35. The van der Waals surface area contributed by atoms with Gasteiger partial charge in [0, 0.05) is 34.3 Å². The van der Waals surface area contributed by atoms with Crippen molar-refractivity contribution in [2.45, 2.75) is 4.21 Å². The van der Waals surface area contributed by atoms with E-state index in [-0.39, 0.29) is 4.21 Å². The minimum atomic E-state index is -3.23. The molecule has 116 valence electrons. The summed E-state index contributed by atoms with van der Waals surface area (Å²) < 4.78 is 28.7. The molecular formula is C15H11N3O3S2. The number of rotatable bonds is 3. The predicted octanol–water partition coefficient (Wildman–Crippen LogP) is 3.35. The molecule has 1 aromatic carbocycles. The van der Waals surface area contributed by atoms with Crippen LogP contribution in [-0.2, 0) is 9.84 Å². The van der Waals surface area contributed by atoms with Gasteiger partial charge in [-0.3, -0.25) is 0 Å². The van der Waals surface area contributed by atoms with Crippen LogP contribution in [0.25, 0.3) is 33.7 Å². The van der Waals surface area contributed by atoms with E-state index in [0.717, 1.165) is 27.8 Å². The topological polar surface area (TPSA) is 88.9 Å². The summed E-state index contributed by atoms with van der Waals surface area (Å²) in [7, 11) is -3.23. The van der Waals surface area contributed by atoms with Crippen LogP contribution in [-0.4, -0.2) is 29.8 Å². The van der Waals surface area contributed by atoms with Gasteiger partial charge in [-0.05, 0) is 18.2 Å². The van der Waals surface area contributed by atoms with Gasteiger partial charge in [-0.2, -0.15) is 4.98 Å². The third kappa shape index (κ3) is 2.45. The first-order valence-electron chi connectivity index (χ1n) is 6.71. The summed E-state index contributed by atoms with van der Waals surface area (Å²) in [5, 5.41) is 6.72. The molecule has 0 bridgehead atoms. The van der Waals surface area contributed by atoms with Crippen LogP contribution in [0.1, 0.15) is 0 Å². The van der Waals surface area contributed by atoms with Crippen molar-refractivity contribution in [3.8, 4) is 22.8 Å². The van der Waals surface area contributed by atoms with E-state index in [1.165, 1.54) is 6.26 Å². The van der Waals surface area contributed by atoms with Crippen molar-refractivity contribution in [2.75, 3.05) is 6.26 Å². The molecule has 3 aromatic heterocycles. The maximum Gasteiger partial charge on any atom is 0.259 e. The average molecular weight is 345 g/mol. The summed E-state index contributed by atoms with van der Waals surface area (Å²) in [5.41, 5.74) is 2.46. The Balaban J connectivity index is 1.78. The van der Waals surface area contributed by atoms with Gasteiger partial charge in [0.25, 0.3) is 5.89 Å². The molecule has 0 unspecified atom stereocenters. The highest BCUT2D eigenvalue weighted by Crippen LogP contribution is 2.31. The van der Waals surface area contributed by atoms with E-state index < -0.39 is 9.84 Å². The molecule has 0 aliphatic rings. The molecule has 3 heterocycles. The lowest BCUT2D eigenvalue weighted by molar-refractivity contribution is 0.432. The van der Waals surface area contributed by atoms with E-state index in [4.69, 9.17) is 4.52 Å². The lowest BCUT2D eigenvalue weighted by Crippen LogP contribution is -1.92. The zero-order valence-electron chi connectivity index (χ0n) is 12.0. The number of thiophene rings is 1. The molecular weight excluding hydrogens is 334 g/mol. The third-order valence-electron chi connectivity index (χ3n) is 3.45. The van der Waals surface area contributed by atoms with Crippen LogP contribution in [0, 0.1) is 0 Å². The molecule has 0 saturated heterocycles. The molecule has 1 N–H and O–H groups in total. The Kier molecular flexibility index (Phi) is 3.10. The van der Waals surface area contributed by atoms with Gasteiger partial charge in [0.05, 0.1) is 5.56 Å². The lowest BCUT2D eigenvalue weighted by Gasteiger charge is -1.96. The molecule has 0 atom stereocenters. The maximum absolute atomic E-state index is 11.6. The molecule has 0 aliphatic heterocycles. The molecule has 0 saturated carbocycles. The highest BCUT2D eigenvalue weighted by atomic mass is 32.2. The fraction of sp³-hybridized carbons (Fsp3) is 0.0667. The smallest absolute Gasteiger partial charge is 0.259 e. The molecule has 4 rings (SSSR count). The van der Waals surface area contributed by atoms with E-state index in [0.29, 0.717) is 17.3 Å². The van der Waals surface area contributed by atoms with Gasteiger partial charge < -0.3 is 9.51 Å². The standard InChI is InChI=1S/C15H11N3O3S2/c1-23(19,20)13-7-9(8-22-13)15-17-14(18-21-15)11-3-2-4-12-10(11)5-6-16-12/h2-8,16H,1H3. The Labute approximate surface area is 135 Å². The molecule has 6 nitrogen and oxygen atoms in total. The van der Waals surface area contributed by atoms with E-state index >= 15 is 0 Å².